The molecular formula is C26H27FN4O2. The number of nitrogens with one attached hydrogen (secondary N) is 1. The van der Waals surface area contributed by atoms with Crippen LogP contribution in [0, 0.1) is 5.82 Å². The first-order chi connectivity index (χ1) is 15.8. The summed E-state index contributed by atoms with van der Waals surface area (Å²) in [5.74, 6) is -0.0520. The number of aryl methyl sites for hydroxylation is 1. The van der Waals surface area contributed by atoms with Gasteiger partial charge in [-0.15, -0.1) is 0 Å². The van der Waals surface area contributed by atoms with Gasteiger partial charge >= 0.3 is 0 Å². The summed E-state index contributed by atoms with van der Waals surface area (Å²) in [6, 6.07) is 15.7. The van der Waals surface area contributed by atoms with E-state index in [1.54, 1.807) is 35.1 Å². The molecule has 2 heterocycles. The molecule has 1 unspecified atom stereocenters. The number of rotatable bonds is 7. The van der Waals surface area contributed by atoms with E-state index in [0.29, 0.717) is 11.4 Å². The molecule has 4 aromatic rings. The number of hydrogen-bond donors (Lipinski definition) is 1. The van der Waals surface area contributed by atoms with Crippen LogP contribution in [0.25, 0.3) is 16.8 Å². The molecule has 170 valence electrons. The minimum atomic E-state index is -0.317. The van der Waals surface area contributed by atoms with Crippen molar-refractivity contribution in [2.45, 2.75) is 45.7 Å². The Balaban J connectivity index is 1.45. The van der Waals surface area contributed by atoms with Gasteiger partial charge in [0.25, 0.3) is 5.56 Å². The second-order valence-electron chi connectivity index (χ2n) is 8.52. The zero-order valence-corrected chi connectivity index (χ0v) is 19.0. The number of halogens is 1. The number of nitrogens with zero attached hydrogens (tertiary/aromatic N) is 3. The zero-order chi connectivity index (χ0) is 23.5. The Hall–Kier alpha value is -3.74. The van der Waals surface area contributed by atoms with Crippen LogP contribution in [0.5, 0.6) is 0 Å². The number of benzene rings is 2. The van der Waals surface area contributed by atoms with Crippen LogP contribution in [0.2, 0.25) is 0 Å². The minimum absolute atomic E-state index is 0.152. The molecule has 0 aliphatic rings. The van der Waals surface area contributed by atoms with Gasteiger partial charge in [-0.05, 0) is 42.2 Å². The Morgan fingerprint density at radius 2 is 1.67 bits per heavy atom. The summed E-state index contributed by atoms with van der Waals surface area (Å²) in [4.78, 5) is 25.3. The molecule has 0 fully saturated rings. The maximum Gasteiger partial charge on any atom is 0.276 e. The number of carbonyl (C=O) groups excluding carboxylic acids is 1. The number of carbonyl (C=O) groups is 1. The predicted octanol–water partition coefficient (Wildman–Crippen LogP) is 4.69. The first kappa shape index (κ1) is 22.5. The highest BCUT2D eigenvalue weighted by atomic mass is 19.1. The third-order valence-corrected chi connectivity index (χ3v) is 5.80. The highest BCUT2D eigenvalue weighted by Gasteiger charge is 2.13. The maximum absolute atomic E-state index is 13.1. The monoisotopic (exact) mass is 446 g/mol. The Labute approximate surface area is 191 Å². The lowest BCUT2D eigenvalue weighted by Gasteiger charge is -2.14. The van der Waals surface area contributed by atoms with E-state index in [4.69, 9.17) is 0 Å². The molecule has 2 aromatic carbocycles. The fraction of sp³-hybridized carbons (Fsp3) is 0.269. The second kappa shape index (κ2) is 9.40. The molecule has 6 nitrogen and oxygen atoms in total. The quantitative estimate of drug-likeness (QED) is 0.448. The van der Waals surface area contributed by atoms with Crippen molar-refractivity contribution in [3.05, 3.63) is 94.3 Å². The van der Waals surface area contributed by atoms with Gasteiger partial charge in [0, 0.05) is 30.9 Å². The average molecular weight is 447 g/mol. The number of aromatic nitrogens is 3. The van der Waals surface area contributed by atoms with Crippen molar-refractivity contribution in [3.63, 3.8) is 0 Å². The first-order valence-corrected chi connectivity index (χ1v) is 11.1. The third kappa shape index (κ3) is 5.03. The molecule has 1 atom stereocenters. The fourth-order valence-corrected chi connectivity index (χ4v) is 3.75. The van der Waals surface area contributed by atoms with Gasteiger partial charge in [-0.2, -0.15) is 5.10 Å². The van der Waals surface area contributed by atoms with Gasteiger partial charge < -0.3 is 9.88 Å². The van der Waals surface area contributed by atoms with Crippen molar-refractivity contribution in [2.24, 2.45) is 0 Å². The Kier molecular flexibility index (Phi) is 6.40. The molecule has 0 aliphatic carbocycles. The van der Waals surface area contributed by atoms with E-state index in [0.717, 1.165) is 16.8 Å². The van der Waals surface area contributed by atoms with Gasteiger partial charge in [0.1, 0.15) is 11.3 Å². The largest absolute Gasteiger partial charge is 0.350 e. The van der Waals surface area contributed by atoms with Crippen LogP contribution in [0.3, 0.4) is 0 Å². The summed E-state index contributed by atoms with van der Waals surface area (Å²) in [5.41, 5.74) is 4.00. The molecule has 1 N–H and O–H groups in total. The zero-order valence-electron chi connectivity index (χ0n) is 19.0. The number of hydrogen-bond acceptors (Lipinski definition) is 3. The van der Waals surface area contributed by atoms with Crippen LogP contribution in [0.4, 0.5) is 4.39 Å². The first-order valence-electron chi connectivity index (χ1n) is 11.1. The maximum atomic E-state index is 13.1. The minimum Gasteiger partial charge on any atom is -0.350 e. The standard InChI is InChI=1S/C26H27FN4O2/c1-17(2)19-4-6-21(7-5-19)23-16-24-26(33)30(14-15-31(24)29-23)13-12-25(32)28-18(3)20-8-10-22(27)11-9-20/h4-11,14-18H,12-13H2,1-3H3,(H,28,32). The van der Waals surface area contributed by atoms with Crippen molar-refractivity contribution in [1.82, 2.24) is 19.5 Å². The lowest BCUT2D eigenvalue weighted by molar-refractivity contribution is -0.121. The summed E-state index contributed by atoms with van der Waals surface area (Å²) in [5, 5.41) is 7.42. The molecule has 1 amide bonds. The summed E-state index contributed by atoms with van der Waals surface area (Å²) in [6.07, 6.45) is 3.52. The third-order valence-electron chi connectivity index (χ3n) is 5.80. The Bertz CT molecular complexity index is 1320. The number of fused-ring (bicyclic) bond motifs is 1. The van der Waals surface area contributed by atoms with Gasteiger partial charge in [-0.25, -0.2) is 8.91 Å². The van der Waals surface area contributed by atoms with Gasteiger partial charge in [0.05, 0.1) is 11.7 Å². The van der Waals surface area contributed by atoms with E-state index in [1.165, 1.54) is 22.3 Å². The molecule has 0 saturated carbocycles. The lowest BCUT2D eigenvalue weighted by Crippen LogP contribution is -2.29. The summed E-state index contributed by atoms with van der Waals surface area (Å²) >= 11 is 0. The lowest BCUT2D eigenvalue weighted by atomic mass is 10.0. The van der Waals surface area contributed by atoms with Crippen molar-refractivity contribution in [2.75, 3.05) is 0 Å². The van der Waals surface area contributed by atoms with E-state index in [9.17, 15) is 14.0 Å². The molecule has 0 spiro atoms. The van der Waals surface area contributed by atoms with Crippen LogP contribution in [0.1, 0.15) is 50.3 Å². The van der Waals surface area contributed by atoms with Crippen LogP contribution in [-0.4, -0.2) is 20.1 Å². The van der Waals surface area contributed by atoms with Crippen molar-refractivity contribution in [1.29, 1.82) is 0 Å². The molecule has 0 bridgehead atoms. The van der Waals surface area contributed by atoms with E-state index in [2.05, 4.69) is 36.4 Å². The van der Waals surface area contributed by atoms with Crippen LogP contribution >= 0.6 is 0 Å². The summed E-state index contributed by atoms with van der Waals surface area (Å²) < 4.78 is 16.2. The Morgan fingerprint density at radius 1 is 1.00 bits per heavy atom. The van der Waals surface area contributed by atoms with Crippen LogP contribution in [0.15, 0.2) is 71.8 Å². The van der Waals surface area contributed by atoms with Gasteiger partial charge in [-0.3, -0.25) is 9.59 Å². The molecule has 4 rings (SSSR count). The molecule has 0 saturated heterocycles. The van der Waals surface area contributed by atoms with Crippen LogP contribution in [-0.2, 0) is 11.3 Å². The molecule has 2 aromatic heterocycles. The smallest absolute Gasteiger partial charge is 0.276 e. The molecule has 0 aliphatic heterocycles. The topological polar surface area (TPSA) is 68.4 Å². The van der Waals surface area contributed by atoms with Crippen LogP contribution < -0.4 is 10.9 Å². The molecular weight excluding hydrogens is 419 g/mol. The highest BCUT2D eigenvalue weighted by molar-refractivity contribution is 5.76. The van der Waals surface area contributed by atoms with E-state index in [-0.39, 0.29) is 36.3 Å². The van der Waals surface area contributed by atoms with Gasteiger partial charge in [-0.1, -0.05) is 50.2 Å². The summed E-state index contributed by atoms with van der Waals surface area (Å²) in [6.45, 7) is 6.38. The fourth-order valence-electron chi connectivity index (χ4n) is 3.75. The SMILES string of the molecule is CC(C)c1ccc(-c2cc3c(=O)n(CCC(=O)NC(C)c4ccc(F)cc4)ccn3n2)cc1. The van der Waals surface area contributed by atoms with E-state index < -0.39 is 0 Å². The average Bonchev–Trinajstić information content (AvgIpc) is 3.24. The van der Waals surface area contributed by atoms with Crippen molar-refractivity contribution >= 4 is 11.4 Å². The summed E-state index contributed by atoms with van der Waals surface area (Å²) in [7, 11) is 0. The van der Waals surface area contributed by atoms with E-state index >= 15 is 0 Å². The van der Waals surface area contributed by atoms with Gasteiger partial charge in [0.15, 0.2) is 0 Å². The molecule has 7 heteroatoms. The normalized spacial score (nSPS) is 12.3. The number of amides is 1. The van der Waals surface area contributed by atoms with E-state index in [1.807, 2.05) is 19.1 Å². The highest BCUT2D eigenvalue weighted by Crippen LogP contribution is 2.22. The Morgan fingerprint density at radius 3 is 2.33 bits per heavy atom. The van der Waals surface area contributed by atoms with Crippen molar-refractivity contribution in [3.8, 4) is 11.3 Å². The molecule has 0 radical (unpaired) electrons. The van der Waals surface area contributed by atoms with Gasteiger partial charge in [0.2, 0.25) is 5.91 Å². The molecule has 33 heavy (non-hydrogen) atoms. The predicted molar refractivity (Wildman–Crippen MR) is 127 cm³/mol. The van der Waals surface area contributed by atoms with Crippen molar-refractivity contribution < 1.29 is 9.18 Å². The second-order valence-corrected chi connectivity index (χ2v) is 8.52.